The zero-order valence-electron chi connectivity index (χ0n) is 13.3. The smallest absolute Gasteiger partial charge is 0.291 e. The number of aromatic nitrogens is 5. The molecule has 1 aliphatic heterocycles. The van der Waals surface area contributed by atoms with Gasteiger partial charge in [-0.2, -0.15) is 4.98 Å². The maximum Gasteiger partial charge on any atom is 0.291 e. The van der Waals surface area contributed by atoms with Crippen LogP contribution in [0.1, 0.15) is 60.6 Å². The van der Waals surface area contributed by atoms with Crippen LogP contribution in [0.2, 0.25) is 0 Å². The Labute approximate surface area is 133 Å². The molecule has 1 amide bonds. The fourth-order valence-electron chi connectivity index (χ4n) is 2.64. The standard InChI is InChI=1S/C14H21N7O2/c1-3-11(12-17-9(2)23-20-12)18-14(22)13-16-8-21(19-13)10-5-4-6-15-7-10/h8,10-11,15H,3-7H2,1-2H3,(H,18,22)/t10-,11+/m1/s1. The molecular formula is C14H21N7O2. The number of aryl methyl sites for hydroxylation is 1. The summed E-state index contributed by atoms with van der Waals surface area (Å²) in [6.45, 7) is 5.54. The fourth-order valence-corrected chi connectivity index (χ4v) is 2.64. The van der Waals surface area contributed by atoms with E-state index in [1.165, 1.54) is 0 Å². The van der Waals surface area contributed by atoms with E-state index >= 15 is 0 Å². The van der Waals surface area contributed by atoms with E-state index in [9.17, 15) is 4.79 Å². The molecule has 1 aliphatic rings. The molecule has 0 saturated carbocycles. The summed E-state index contributed by atoms with van der Waals surface area (Å²) in [6, 6.07) is -0.0668. The molecule has 23 heavy (non-hydrogen) atoms. The number of hydrogen-bond acceptors (Lipinski definition) is 7. The van der Waals surface area contributed by atoms with Crippen LogP contribution in [0.4, 0.5) is 0 Å². The van der Waals surface area contributed by atoms with Gasteiger partial charge in [-0.1, -0.05) is 12.1 Å². The van der Waals surface area contributed by atoms with Crippen molar-refractivity contribution in [1.82, 2.24) is 35.5 Å². The first-order valence-corrected chi connectivity index (χ1v) is 7.90. The van der Waals surface area contributed by atoms with Crippen molar-refractivity contribution < 1.29 is 9.32 Å². The molecule has 124 valence electrons. The third kappa shape index (κ3) is 3.55. The molecule has 1 saturated heterocycles. The molecule has 2 aromatic rings. The Bertz CT molecular complexity index is 660. The third-order valence-electron chi connectivity index (χ3n) is 3.93. The lowest BCUT2D eigenvalue weighted by Gasteiger charge is -2.22. The lowest BCUT2D eigenvalue weighted by Crippen LogP contribution is -2.32. The van der Waals surface area contributed by atoms with Gasteiger partial charge in [0.15, 0.2) is 5.82 Å². The molecule has 9 heteroatoms. The van der Waals surface area contributed by atoms with Gasteiger partial charge in [-0.15, -0.1) is 5.10 Å². The SMILES string of the molecule is CC[C@H](NC(=O)c1ncn([C@@H]2CCCNC2)n1)c1noc(C)n1. The molecule has 9 nitrogen and oxygen atoms in total. The van der Waals surface area contributed by atoms with E-state index in [0.717, 1.165) is 25.9 Å². The first-order chi connectivity index (χ1) is 11.2. The number of amides is 1. The Balaban J connectivity index is 1.66. The fraction of sp³-hybridized carbons (Fsp3) is 0.643. The van der Waals surface area contributed by atoms with E-state index < -0.39 is 0 Å². The highest BCUT2D eigenvalue weighted by atomic mass is 16.5. The second-order valence-electron chi connectivity index (χ2n) is 5.65. The maximum atomic E-state index is 12.3. The Morgan fingerprint density at radius 2 is 2.48 bits per heavy atom. The van der Waals surface area contributed by atoms with Gasteiger partial charge in [0.25, 0.3) is 5.91 Å². The van der Waals surface area contributed by atoms with Gasteiger partial charge in [-0.25, -0.2) is 9.67 Å². The largest absolute Gasteiger partial charge is 0.340 e. The molecule has 2 atom stereocenters. The van der Waals surface area contributed by atoms with Crippen molar-refractivity contribution in [1.29, 1.82) is 0 Å². The summed E-state index contributed by atoms with van der Waals surface area (Å²) in [5.74, 6) is 0.769. The van der Waals surface area contributed by atoms with Crippen LogP contribution >= 0.6 is 0 Å². The zero-order chi connectivity index (χ0) is 16.2. The second-order valence-corrected chi connectivity index (χ2v) is 5.65. The topological polar surface area (TPSA) is 111 Å². The summed E-state index contributed by atoms with van der Waals surface area (Å²) in [7, 11) is 0. The summed E-state index contributed by atoms with van der Waals surface area (Å²) in [4.78, 5) is 20.6. The Morgan fingerprint density at radius 3 is 3.13 bits per heavy atom. The van der Waals surface area contributed by atoms with Crippen molar-refractivity contribution in [3.05, 3.63) is 23.9 Å². The number of hydrogen-bond donors (Lipinski definition) is 2. The van der Waals surface area contributed by atoms with E-state index in [1.54, 1.807) is 17.9 Å². The summed E-state index contributed by atoms with van der Waals surface area (Å²) >= 11 is 0. The lowest BCUT2D eigenvalue weighted by molar-refractivity contribution is 0.0922. The second kappa shape index (κ2) is 6.86. The highest BCUT2D eigenvalue weighted by Gasteiger charge is 2.22. The van der Waals surface area contributed by atoms with Crippen molar-refractivity contribution in [2.45, 2.75) is 45.2 Å². The van der Waals surface area contributed by atoms with Gasteiger partial charge in [-0.3, -0.25) is 4.79 Å². The zero-order valence-corrected chi connectivity index (χ0v) is 13.3. The molecule has 0 radical (unpaired) electrons. The Kier molecular flexibility index (Phi) is 4.65. The van der Waals surface area contributed by atoms with Gasteiger partial charge < -0.3 is 15.2 Å². The quantitative estimate of drug-likeness (QED) is 0.837. The summed E-state index contributed by atoms with van der Waals surface area (Å²) in [5.41, 5.74) is 0. The Hall–Kier alpha value is -2.29. The van der Waals surface area contributed by atoms with Gasteiger partial charge in [0.1, 0.15) is 6.33 Å². The molecule has 2 aromatic heterocycles. The minimum absolute atomic E-state index is 0.161. The van der Waals surface area contributed by atoms with Gasteiger partial charge in [-0.05, 0) is 25.8 Å². The number of nitrogens with zero attached hydrogens (tertiary/aromatic N) is 5. The van der Waals surface area contributed by atoms with Crippen molar-refractivity contribution in [3.63, 3.8) is 0 Å². The van der Waals surface area contributed by atoms with Crippen LogP contribution in [0.3, 0.4) is 0 Å². The molecule has 0 unspecified atom stereocenters. The minimum atomic E-state index is -0.332. The van der Waals surface area contributed by atoms with Crippen molar-refractivity contribution in [3.8, 4) is 0 Å². The molecule has 3 rings (SSSR count). The van der Waals surface area contributed by atoms with Gasteiger partial charge >= 0.3 is 0 Å². The van der Waals surface area contributed by atoms with E-state index in [2.05, 4.69) is 30.9 Å². The highest BCUT2D eigenvalue weighted by Crippen LogP contribution is 2.16. The maximum absolute atomic E-state index is 12.3. The van der Waals surface area contributed by atoms with Crippen LogP contribution in [0.15, 0.2) is 10.9 Å². The molecule has 0 spiro atoms. The lowest BCUT2D eigenvalue weighted by atomic mass is 10.1. The molecule has 1 fully saturated rings. The number of piperidine rings is 1. The van der Waals surface area contributed by atoms with Crippen molar-refractivity contribution in [2.75, 3.05) is 13.1 Å². The predicted molar refractivity (Wildman–Crippen MR) is 80.7 cm³/mol. The van der Waals surface area contributed by atoms with E-state index in [-0.39, 0.29) is 23.8 Å². The predicted octanol–water partition coefficient (Wildman–Crippen LogP) is 0.775. The van der Waals surface area contributed by atoms with E-state index in [4.69, 9.17) is 4.52 Å². The highest BCUT2D eigenvalue weighted by molar-refractivity contribution is 5.90. The molecule has 0 aliphatic carbocycles. The van der Waals surface area contributed by atoms with Gasteiger partial charge in [0.2, 0.25) is 11.7 Å². The summed E-state index contributed by atoms with van der Waals surface area (Å²) < 4.78 is 6.73. The average molecular weight is 319 g/mol. The third-order valence-corrected chi connectivity index (χ3v) is 3.93. The minimum Gasteiger partial charge on any atom is -0.340 e. The summed E-state index contributed by atoms with van der Waals surface area (Å²) in [6.07, 6.45) is 4.41. The number of rotatable bonds is 5. The number of carbonyl (C=O) groups excluding carboxylic acids is 1. The van der Waals surface area contributed by atoms with Gasteiger partial charge in [0.05, 0.1) is 12.1 Å². The average Bonchev–Trinajstić information content (AvgIpc) is 3.22. The van der Waals surface area contributed by atoms with Crippen LogP contribution in [0.25, 0.3) is 0 Å². The van der Waals surface area contributed by atoms with Crippen LogP contribution < -0.4 is 10.6 Å². The molecular weight excluding hydrogens is 298 g/mol. The Morgan fingerprint density at radius 1 is 1.61 bits per heavy atom. The van der Waals surface area contributed by atoms with Crippen molar-refractivity contribution >= 4 is 5.91 Å². The van der Waals surface area contributed by atoms with Gasteiger partial charge in [0, 0.05) is 13.5 Å². The summed E-state index contributed by atoms with van der Waals surface area (Å²) in [5, 5.41) is 14.3. The first-order valence-electron chi connectivity index (χ1n) is 7.90. The number of carbonyl (C=O) groups is 1. The number of nitrogens with one attached hydrogen (secondary N) is 2. The molecule has 0 aromatic carbocycles. The molecule has 2 N–H and O–H groups in total. The molecule has 0 bridgehead atoms. The molecule has 3 heterocycles. The van der Waals surface area contributed by atoms with Crippen LogP contribution in [-0.2, 0) is 0 Å². The monoisotopic (exact) mass is 319 g/mol. The van der Waals surface area contributed by atoms with Crippen molar-refractivity contribution in [2.24, 2.45) is 0 Å². The van der Waals surface area contributed by atoms with Crippen LogP contribution in [0.5, 0.6) is 0 Å². The van der Waals surface area contributed by atoms with E-state index in [0.29, 0.717) is 18.1 Å². The first kappa shape index (κ1) is 15.6. The van der Waals surface area contributed by atoms with E-state index in [1.807, 2.05) is 6.92 Å². The normalized spacial score (nSPS) is 19.5. The van der Waals surface area contributed by atoms with Crippen LogP contribution in [0, 0.1) is 6.92 Å². The van der Waals surface area contributed by atoms with Crippen LogP contribution in [-0.4, -0.2) is 43.9 Å².